The van der Waals surface area contributed by atoms with Crippen molar-refractivity contribution in [2.75, 3.05) is 37.8 Å². The normalized spacial score (nSPS) is 31.2. The summed E-state index contributed by atoms with van der Waals surface area (Å²) in [6, 6.07) is 17.0. The van der Waals surface area contributed by atoms with E-state index in [-0.39, 0.29) is 70.0 Å². The van der Waals surface area contributed by atoms with Crippen LogP contribution in [0.25, 0.3) is 0 Å². The molecule has 1 aromatic heterocycles. The number of thiazole rings is 1. The predicted molar refractivity (Wildman–Crippen MR) is 157 cm³/mol. The molecule has 4 fully saturated rings. The summed E-state index contributed by atoms with van der Waals surface area (Å²) in [7, 11) is 0. The van der Waals surface area contributed by atoms with E-state index < -0.39 is 0 Å². The number of thioether (sulfide) groups is 1. The number of nitrogens with one attached hydrogen (secondary N) is 1. The molecule has 2 aromatic carbocycles. The first-order valence-corrected chi connectivity index (χ1v) is 16.1. The highest BCUT2D eigenvalue weighted by atomic mass is 32.2. The molecule has 8 rings (SSSR count). The van der Waals surface area contributed by atoms with E-state index in [9.17, 15) is 19.2 Å². The van der Waals surface area contributed by atoms with Gasteiger partial charge >= 0.3 is 4.87 Å². The summed E-state index contributed by atoms with van der Waals surface area (Å²) in [5.41, 5.74) is 1.63. The maximum Gasteiger partial charge on any atom is 0.305 e. The molecule has 3 amide bonds. The lowest BCUT2D eigenvalue weighted by Crippen LogP contribution is -2.43. The number of hydrogen-bond acceptors (Lipinski definition) is 8. The number of imide groups is 1. The van der Waals surface area contributed by atoms with Crippen LogP contribution in [-0.4, -0.2) is 65.8 Å². The van der Waals surface area contributed by atoms with Gasteiger partial charge in [0.15, 0.2) is 6.61 Å². The molecule has 5 aliphatic rings. The quantitative estimate of drug-likeness (QED) is 0.446. The molecular formula is C31H29N3O6S2. The van der Waals surface area contributed by atoms with Crippen LogP contribution in [0.3, 0.4) is 0 Å². The highest BCUT2D eigenvalue weighted by molar-refractivity contribution is 8.00. The third-order valence-corrected chi connectivity index (χ3v) is 12.3. The Bertz CT molecular complexity index is 1630. The molecular weight excluding hydrogens is 574 g/mol. The van der Waals surface area contributed by atoms with Crippen LogP contribution in [0.1, 0.15) is 22.8 Å². The van der Waals surface area contributed by atoms with Crippen molar-refractivity contribution >= 4 is 46.5 Å². The minimum Gasteiger partial charge on any atom is -0.484 e. The number of benzene rings is 2. The Morgan fingerprint density at radius 2 is 1.74 bits per heavy atom. The van der Waals surface area contributed by atoms with Crippen molar-refractivity contribution in [3.8, 4) is 5.75 Å². The standard InChI is InChI=1S/C31H29N3O6S2/c35-21(33-9-11-39-12-10-33)15-40-18-8-4-5-16(13-18)22-23-19-14-20(26(23)41-28-27(22)42-31(38)32-28)25-24(19)29(36)34(30(25)37)17-6-2-1-3-7-17/h1-8,13,19-20,22-26H,9-12,14-15H2,(H,32,38)/t19?,20?,22-,23?,24?,25?,26?/m1/s1. The lowest BCUT2D eigenvalue weighted by atomic mass is 9.68. The van der Waals surface area contributed by atoms with Gasteiger partial charge in [0.25, 0.3) is 5.91 Å². The number of rotatable bonds is 5. The van der Waals surface area contributed by atoms with Gasteiger partial charge in [-0.1, -0.05) is 41.7 Å². The third-order valence-electron chi connectivity index (χ3n) is 9.68. The largest absolute Gasteiger partial charge is 0.484 e. The number of hydrogen-bond donors (Lipinski definition) is 1. The fraction of sp³-hybridized carbons (Fsp3) is 0.419. The Labute approximate surface area is 250 Å². The number of fused-ring (bicyclic) bond motifs is 9. The van der Waals surface area contributed by atoms with Gasteiger partial charge in [-0.15, -0.1) is 11.8 Å². The Kier molecular flexibility index (Phi) is 6.31. The summed E-state index contributed by atoms with van der Waals surface area (Å²) < 4.78 is 11.3. The zero-order valence-electron chi connectivity index (χ0n) is 22.6. The van der Waals surface area contributed by atoms with Crippen molar-refractivity contribution in [3.05, 3.63) is 74.7 Å². The van der Waals surface area contributed by atoms with Crippen molar-refractivity contribution in [2.45, 2.75) is 22.6 Å². The van der Waals surface area contributed by atoms with Crippen LogP contribution in [0, 0.1) is 29.6 Å². The fourth-order valence-electron chi connectivity index (χ4n) is 8.07. The third kappa shape index (κ3) is 4.00. The predicted octanol–water partition coefficient (Wildman–Crippen LogP) is 3.35. The molecule has 0 spiro atoms. The van der Waals surface area contributed by atoms with Crippen LogP contribution in [0.2, 0.25) is 0 Å². The number of carbonyl (C=O) groups excluding carboxylic acids is 3. The molecule has 2 aliphatic carbocycles. The van der Waals surface area contributed by atoms with Crippen molar-refractivity contribution < 1.29 is 23.9 Å². The van der Waals surface area contributed by atoms with Gasteiger partial charge in [-0.3, -0.25) is 24.1 Å². The van der Waals surface area contributed by atoms with E-state index in [2.05, 4.69) is 4.98 Å². The second kappa shape index (κ2) is 10.1. The summed E-state index contributed by atoms with van der Waals surface area (Å²) in [6.45, 7) is 2.14. The van der Waals surface area contributed by atoms with Gasteiger partial charge in [-0.25, -0.2) is 0 Å². The van der Waals surface area contributed by atoms with E-state index >= 15 is 0 Å². The first-order valence-electron chi connectivity index (χ1n) is 14.4. The number of aromatic nitrogens is 1. The Balaban J connectivity index is 1.11. The molecule has 9 nitrogen and oxygen atoms in total. The van der Waals surface area contributed by atoms with Crippen LogP contribution < -0.4 is 14.5 Å². The van der Waals surface area contributed by atoms with Crippen LogP contribution in [0.5, 0.6) is 5.75 Å². The number of morpholine rings is 1. The molecule has 3 aliphatic heterocycles. The average molecular weight is 604 g/mol. The number of para-hydroxylation sites is 1. The van der Waals surface area contributed by atoms with Crippen molar-refractivity contribution in [2.24, 2.45) is 29.6 Å². The van der Waals surface area contributed by atoms with E-state index in [1.54, 1.807) is 16.7 Å². The molecule has 4 heterocycles. The summed E-state index contributed by atoms with van der Waals surface area (Å²) in [5, 5.41) is 0.977. The number of nitrogens with zero attached hydrogens (tertiary/aromatic N) is 2. The zero-order chi connectivity index (χ0) is 28.5. The van der Waals surface area contributed by atoms with Crippen LogP contribution in [0.4, 0.5) is 5.69 Å². The van der Waals surface area contributed by atoms with E-state index in [1.807, 2.05) is 54.6 Å². The summed E-state index contributed by atoms with van der Waals surface area (Å²) >= 11 is 2.90. The Morgan fingerprint density at radius 1 is 0.976 bits per heavy atom. The monoisotopic (exact) mass is 603 g/mol. The highest BCUT2D eigenvalue weighted by Crippen LogP contribution is 2.68. The van der Waals surface area contributed by atoms with E-state index in [1.165, 1.54) is 16.2 Å². The van der Waals surface area contributed by atoms with E-state index in [0.29, 0.717) is 37.7 Å². The summed E-state index contributed by atoms with van der Waals surface area (Å²) in [5.74, 6) is -0.277. The number of aromatic amines is 1. The Morgan fingerprint density at radius 3 is 2.52 bits per heavy atom. The minimum absolute atomic E-state index is 0.0329. The van der Waals surface area contributed by atoms with Crippen molar-refractivity contribution in [1.29, 1.82) is 0 Å². The maximum absolute atomic E-state index is 13.9. The van der Waals surface area contributed by atoms with Gasteiger partial charge < -0.3 is 19.4 Å². The second-order valence-corrected chi connectivity index (χ2v) is 13.9. The molecule has 11 heteroatoms. The van der Waals surface area contributed by atoms with Crippen LogP contribution in [-0.2, 0) is 19.1 Å². The highest BCUT2D eigenvalue weighted by Gasteiger charge is 2.69. The van der Waals surface area contributed by atoms with Gasteiger partial charge in [-0.2, -0.15) is 0 Å². The minimum atomic E-state index is -0.352. The zero-order valence-corrected chi connectivity index (χ0v) is 24.3. The first kappa shape index (κ1) is 26.2. The topological polar surface area (TPSA) is 109 Å². The van der Waals surface area contributed by atoms with Gasteiger partial charge in [0, 0.05) is 29.1 Å². The van der Waals surface area contributed by atoms with E-state index in [4.69, 9.17) is 9.47 Å². The summed E-state index contributed by atoms with van der Waals surface area (Å²) in [6.07, 6.45) is 0.831. The molecule has 42 heavy (non-hydrogen) atoms. The van der Waals surface area contributed by atoms with Gasteiger partial charge in [0.2, 0.25) is 11.8 Å². The molecule has 0 radical (unpaired) electrons. The Hall–Kier alpha value is -3.41. The van der Waals surface area contributed by atoms with Gasteiger partial charge in [-0.05, 0) is 54.0 Å². The molecule has 6 unspecified atom stereocenters. The molecule has 3 aromatic rings. The van der Waals surface area contributed by atoms with Crippen LogP contribution >= 0.6 is 23.1 Å². The lowest BCUT2D eigenvalue weighted by Gasteiger charge is -2.43. The van der Waals surface area contributed by atoms with Gasteiger partial charge in [0.1, 0.15) is 5.75 Å². The van der Waals surface area contributed by atoms with E-state index in [0.717, 1.165) is 21.9 Å². The van der Waals surface area contributed by atoms with Crippen molar-refractivity contribution in [3.63, 3.8) is 0 Å². The first-order chi connectivity index (χ1) is 20.5. The number of ether oxygens (including phenoxy) is 2. The maximum atomic E-state index is 13.9. The molecule has 216 valence electrons. The second-order valence-electron chi connectivity index (χ2n) is 11.7. The van der Waals surface area contributed by atoms with Crippen molar-refractivity contribution in [1.82, 2.24) is 9.88 Å². The number of amides is 3. The summed E-state index contributed by atoms with van der Waals surface area (Å²) in [4.78, 5) is 60.0. The number of carbonyl (C=O) groups is 3. The fourth-order valence-corrected chi connectivity index (χ4v) is 11.0. The molecule has 2 saturated carbocycles. The smallest absolute Gasteiger partial charge is 0.305 e. The molecule has 2 saturated heterocycles. The van der Waals surface area contributed by atoms with Gasteiger partial charge in [0.05, 0.1) is 35.8 Å². The SMILES string of the molecule is O=C(COc1cccc([C@H]2c3sc(=O)[nH]c3SC3C4CC(C5C(=O)N(c6ccccc6)C(=O)C45)C32)c1)N1CCOCC1. The number of anilines is 1. The average Bonchev–Trinajstić information content (AvgIpc) is 3.75. The molecule has 1 N–H and O–H groups in total. The molecule has 7 atom stereocenters. The number of H-pyrrole nitrogens is 1. The molecule has 2 bridgehead atoms. The van der Waals surface area contributed by atoms with Crippen LogP contribution in [0.15, 0.2) is 64.4 Å². The lowest BCUT2D eigenvalue weighted by molar-refractivity contribution is -0.137.